The van der Waals surface area contributed by atoms with Gasteiger partial charge in [-0.25, -0.2) is 18.1 Å². The number of nitrogens with one attached hydrogen (secondary N) is 4. The molecule has 3 aromatic rings. The van der Waals surface area contributed by atoms with Crippen LogP contribution in [0.1, 0.15) is 56.5 Å². The molecule has 0 saturated heterocycles. The van der Waals surface area contributed by atoms with Gasteiger partial charge < -0.3 is 15.6 Å². The summed E-state index contributed by atoms with van der Waals surface area (Å²) < 4.78 is 25.1. The van der Waals surface area contributed by atoms with Gasteiger partial charge in [0.15, 0.2) is 5.01 Å². The number of aromatic amines is 1. The van der Waals surface area contributed by atoms with Gasteiger partial charge in [-0.3, -0.25) is 14.5 Å². The first-order chi connectivity index (χ1) is 18.1. The molecule has 2 unspecified atom stereocenters. The largest absolute Gasteiger partial charge is 0.351 e. The Kier molecular flexibility index (Phi) is 9.56. The van der Waals surface area contributed by atoms with Gasteiger partial charge in [0.05, 0.1) is 11.9 Å². The van der Waals surface area contributed by atoms with Crippen LogP contribution in [0.4, 0.5) is 0 Å². The molecule has 0 bridgehead atoms. The zero-order valence-electron chi connectivity index (χ0n) is 21.5. The number of fused-ring (bicyclic) bond motifs is 2. The minimum absolute atomic E-state index is 0. The van der Waals surface area contributed by atoms with Crippen LogP contribution in [0, 0.1) is 0 Å². The van der Waals surface area contributed by atoms with Crippen molar-refractivity contribution in [2.75, 3.05) is 25.9 Å². The summed E-state index contributed by atoms with van der Waals surface area (Å²) in [4.78, 5) is 37.1. The Morgan fingerprint density at radius 2 is 1.87 bits per heavy atom. The van der Waals surface area contributed by atoms with Gasteiger partial charge in [-0.2, -0.15) is 0 Å². The van der Waals surface area contributed by atoms with E-state index in [9.17, 15) is 18.0 Å². The average molecular weight is 616 g/mol. The fraction of sp³-hybridized carbons (Fsp3) is 0.480. The molecule has 1 saturated carbocycles. The lowest BCUT2D eigenvalue weighted by molar-refractivity contribution is 0.0860. The number of hydrogen-bond acceptors (Lipinski definition) is 7. The zero-order valence-corrected chi connectivity index (χ0v) is 24.7. The molecule has 1 aromatic carbocycles. The Labute approximate surface area is 242 Å². The summed E-state index contributed by atoms with van der Waals surface area (Å²) in [5.74, 6) is -0.431. The molecular weight excluding hydrogens is 583 g/mol. The molecule has 3 heterocycles. The van der Waals surface area contributed by atoms with Gasteiger partial charge in [0, 0.05) is 65.5 Å². The van der Waals surface area contributed by atoms with Crippen molar-refractivity contribution < 1.29 is 18.0 Å². The van der Waals surface area contributed by atoms with Gasteiger partial charge >= 0.3 is 0 Å². The van der Waals surface area contributed by atoms with Gasteiger partial charge in [-0.1, -0.05) is 24.4 Å². The quantitative estimate of drug-likeness (QED) is 0.308. The minimum Gasteiger partial charge on any atom is -0.351 e. The summed E-state index contributed by atoms with van der Waals surface area (Å²) >= 11 is 7.46. The minimum atomic E-state index is -3.21. The molecule has 0 radical (unpaired) electrons. The maximum absolute atomic E-state index is 13.2. The maximum Gasteiger partial charge on any atom is 0.280 e. The number of H-pyrrole nitrogens is 1. The van der Waals surface area contributed by atoms with Crippen LogP contribution < -0.4 is 15.4 Å². The first kappa shape index (κ1) is 29.8. The van der Waals surface area contributed by atoms with Gasteiger partial charge in [0.1, 0.15) is 5.69 Å². The number of sulfonamides is 1. The Morgan fingerprint density at radius 1 is 1.15 bits per heavy atom. The Balaban J connectivity index is 0.00000353. The van der Waals surface area contributed by atoms with Crippen LogP contribution in [0.3, 0.4) is 0 Å². The SMILES string of the molecule is CS(=O)(=O)NCCN1CCc2nc(C(=O)NC3CCCCC3NC(=O)c3cc4cc(Cl)ccc4[nH]3)sc2C1.Cl. The highest BCUT2D eigenvalue weighted by molar-refractivity contribution is 7.88. The predicted octanol–water partition coefficient (Wildman–Crippen LogP) is 3.08. The molecule has 212 valence electrons. The summed E-state index contributed by atoms with van der Waals surface area (Å²) in [6.07, 6.45) is 5.40. The van der Waals surface area contributed by atoms with Crippen molar-refractivity contribution >= 4 is 68.1 Å². The van der Waals surface area contributed by atoms with E-state index in [1.54, 1.807) is 12.1 Å². The standard InChI is InChI=1S/C25H31ClN6O4S2.ClH/c1-38(35,36)27-9-11-32-10-8-20-22(14-32)37-25(31-20)24(34)30-19-5-3-2-4-18(19)29-23(33)21-13-15-12-16(26)6-7-17(15)28-21;/h6-7,12-13,18-19,27-28H,2-5,8-11,14H2,1H3,(H,29,33)(H,30,34);1H. The maximum atomic E-state index is 13.2. The molecule has 39 heavy (non-hydrogen) atoms. The second kappa shape index (κ2) is 12.5. The fourth-order valence-corrected chi connectivity index (χ4v) is 6.80. The number of thiazole rings is 1. The highest BCUT2D eigenvalue weighted by Crippen LogP contribution is 2.26. The molecule has 1 aliphatic heterocycles. The molecule has 2 aromatic heterocycles. The van der Waals surface area contributed by atoms with Crippen molar-refractivity contribution in [3.8, 4) is 0 Å². The first-order valence-electron chi connectivity index (χ1n) is 12.7. The number of nitrogens with zero attached hydrogens (tertiary/aromatic N) is 2. The summed E-state index contributed by atoms with van der Waals surface area (Å²) in [6.45, 7) is 2.35. The number of aromatic nitrogens is 2. The van der Waals surface area contributed by atoms with Gasteiger partial charge in [0.2, 0.25) is 10.0 Å². The van der Waals surface area contributed by atoms with Crippen molar-refractivity contribution in [2.24, 2.45) is 0 Å². The van der Waals surface area contributed by atoms with E-state index in [1.165, 1.54) is 11.3 Å². The van der Waals surface area contributed by atoms with E-state index in [0.717, 1.165) is 66.4 Å². The fourth-order valence-electron chi connectivity index (χ4n) is 5.10. The lowest BCUT2D eigenvalue weighted by atomic mass is 9.90. The van der Waals surface area contributed by atoms with Crippen LogP contribution in [0.2, 0.25) is 5.02 Å². The molecule has 0 spiro atoms. The predicted molar refractivity (Wildman–Crippen MR) is 155 cm³/mol. The number of rotatable bonds is 8. The van der Waals surface area contributed by atoms with Gasteiger partial charge in [-0.05, 0) is 37.1 Å². The van der Waals surface area contributed by atoms with E-state index in [1.807, 2.05) is 12.1 Å². The van der Waals surface area contributed by atoms with E-state index < -0.39 is 10.0 Å². The molecule has 2 atom stereocenters. The summed E-state index contributed by atoms with van der Waals surface area (Å²) in [5.41, 5.74) is 2.23. The Morgan fingerprint density at radius 3 is 2.59 bits per heavy atom. The van der Waals surface area contributed by atoms with Gasteiger partial charge in [0.25, 0.3) is 11.8 Å². The Bertz CT molecular complexity index is 1460. The molecule has 5 rings (SSSR count). The van der Waals surface area contributed by atoms with E-state index in [-0.39, 0.29) is 36.3 Å². The lowest BCUT2D eigenvalue weighted by Gasteiger charge is -2.32. The Hall–Kier alpha value is -2.22. The van der Waals surface area contributed by atoms with Crippen molar-refractivity contribution in [1.82, 2.24) is 30.2 Å². The van der Waals surface area contributed by atoms with Crippen LogP contribution in [-0.2, 0) is 23.0 Å². The van der Waals surface area contributed by atoms with E-state index >= 15 is 0 Å². The third-order valence-electron chi connectivity index (χ3n) is 7.02. The number of amides is 2. The highest BCUT2D eigenvalue weighted by Gasteiger charge is 2.30. The van der Waals surface area contributed by atoms with Crippen LogP contribution in [0.25, 0.3) is 10.9 Å². The zero-order chi connectivity index (χ0) is 26.9. The van der Waals surface area contributed by atoms with Crippen LogP contribution in [-0.4, -0.2) is 73.1 Å². The molecule has 2 amide bonds. The number of benzene rings is 1. The summed E-state index contributed by atoms with van der Waals surface area (Å²) in [6, 6.07) is 6.86. The van der Waals surface area contributed by atoms with Crippen molar-refractivity contribution in [3.63, 3.8) is 0 Å². The van der Waals surface area contributed by atoms with Crippen LogP contribution >= 0.6 is 35.3 Å². The number of carbonyl (C=O) groups excluding carboxylic acids is 2. The average Bonchev–Trinajstić information content (AvgIpc) is 3.48. The van der Waals surface area contributed by atoms with Crippen LogP contribution in [0.5, 0.6) is 0 Å². The molecule has 10 nitrogen and oxygen atoms in total. The lowest BCUT2D eigenvalue weighted by Crippen LogP contribution is -2.53. The third-order valence-corrected chi connectivity index (χ3v) is 9.07. The molecule has 1 fully saturated rings. The second-order valence-electron chi connectivity index (χ2n) is 9.94. The monoisotopic (exact) mass is 614 g/mol. The molecule has 2 aliphatic rings. The van der Waals surface area contributed by atoms with E-state index in [2.05, 4.69) is 30.2 Å². The number of carbonyl (C=O) groups is 2. The number of halogens is 2. The number of hydrogen-bond donors (Lipinski definition) is 4. The first-order valence-corrected chi connectivity index (χ1v) is 15.8. The molecule has 1 aliphatic carbocycles. The summed E-state index contributed by atoms with van der Waals surface area (Å²) in [7, 11) is -3.21. The van der Waals surface area contributed by atoms with Crippen molar-refractivity contribution in [1.29, 1.82) is 0 Å². The van der Waals surface area contributed by atoms with E-state index in [4.69, 9.17) is 11.6 Å². The van der Waals surface area contributed by atoms with Crippen molar-refractivity contribution in [2.45, 2.75) is 50.7 Å². The van der Waals surface area contributed by atoms with E-state index in [0.29, 0.717) is 35.4 Å². The highest BCUT2D eigenvalue weighted by atomic mass is 35.5. The van der Waals surface area contributed by atoms with Gasteiger partial charge in [-0.15, -0.1) is 23.7 Å². The van der Waals surface area contributed by atoms with Crippen molar-refractivity contribution in [3.05, 3.63) is 50.6 Å². The normalized spacial score (nSPS) is 19.7. The smallest absolute Gasteiger partial charge is 0.280 e. The summed E-state index contributed by atoms with van der Waals surface area (Å²) in [5, 5.41) is 8.14. The molecular formula is C25H32Cl2N6O4S2. The third kappa shape index (κ3) is 7.50. The topological polar surface area (TPSA) is 136 Å². The molecule has 14 heteroatoms. The second-order valence-corrected chi connectivity index (χ2v) is 13.3. The van der Waals surface area contributed by atoms with Crippen LogP contribution in [0.15, 0.2) is 24.3 Å². The molecule has 4 N–H and O–H groups in total.